The molecule has 6 heteroatoms. The highest BCUT2D eigenvalue weighted by atomic mass is 35.5. The van der Waals surface area contributed by atoms with Crippen LogP contribution in [0.4, 0.5) is 17.2 Å². The van der Waals surface area contributed by atoms with Gasteiger partial charge >= 0.3 is 0 Å². The zero-order valence-electron chi connectivity index (χ0n) is 14.6. The van der Waals surface area contributed by atoms with Crippen LogP contribution in [0, 0.1) is 6.92 Å². The van der Waals surface area contributed by atoms with Crippen LogP contribution in [0.1, 0.15) is 28.5 Å². The first-order valence-electron chi connectivity index (χ1n) is 8.31. The van der Waals surface area contributed by atoms with Crippen LogP contribution in [0.3, 0.4) is 0 Å². The minimum absolute atomic E-state index is 0.244. The molecule has 1 amide bonds. The first-order valence-corrected chi connectivity index (χ1v) is 8.69. The number of hydrogen-bond donors (Lipinski definition) is 2. The third-order valence-electron chi connectivity index (χ3n) is 3.98. The molecule has 0 radical (unpaired) electrons. The summed E-state index contributed by atoms with van der Waals surface area (Å²) in [6, 6.07) is 13.3. The quantitative estimate of drug-likeness (QED) is 0.667. The van der Waals surface area contributed by atoms with Gasteiger partial charge in [-0.15, -0.1) is 0 Å². The molecule has 2 aromatic carbocycles. The number of amides is 1. The van der Waals surface area contributed by atoms with E-state index >= 15 is 0 Å². The Balaban J connectivity index is 1.71. The Kier molecular flexibility index (Phi) is 5.49. The van der Waals surface area contributed by atoms with Crippen molar-refractivity contribution in [2.24, 2.45) is 0 Å². The Morgan fingerprint density at radius 1 is 1.08 bits per heavy atom. The van der Waals surface area contributed by atoms with E-state index < -0.39 is 0 Å². The molecule has 0 unspecified atom stereocenters. The monoisotopic (exact) mass is 366 g/mol. The lowest BCUT2D eigenvalue weighted by Gasteiger charge is -2.11. The van der Waals surface area contributed by atoms with E-state index in [1.54, 1.807) is 24.4 Å². The number of anilines is 3. The van der Waals surface area contributed by atoms with E-state index in [1.165, 1.54) is 11.8 Å². The summed E-state index contributed by atoms with van der Waals surface area (Å²) in [4.78, 5) is 20.9. The van der Waals surface area contributed by atoms with Crippen LogP contribution in [0.25, 0.3) is 0 Å². The topological polar surface area (TPSA) is 66.9 Å². The average molecular weight is 367 g/mol. The maximum Gasteiger partial charge on any atom is 0.275 e. The van der Waals surface area contributed by atoms with Crippen molar-refractivity contribution in [2.45, 2.75) is 20.3 Å². The predicted octanol–water partition coefficient (Wildman–Crippen LogP) is 5.00. The molecule has 0 aliphatic rings. The van der Waals surface area contributed by atoms with Crippen LogP contribution in [-0.4, -0.2) is 15.9 Å². The molecule has 0 saturated heterocycles. The molecule has 2 N–H and O–H groups in total. The highest BCUT2D eigenvalue weighted by Crippen LogP contribution is 2.21. The van der Waals surface area contributed by atoms with Crippen LogP contribution < -0.4 is 10.6 Å². The zero-order valence-corrected chi connectivity index (χ0v) is 15.3. The maximum absolute atomic E-state index is 12.4. The van der Waals surface area contributed by atoms with E-state index in [1.807, 2.05) is 25.1 Å². The molecule has 0 bridgehead atoms. The molecule has 0 aliphatic heterocycles. The fourth-order valence-corrected chi connectivity index (χ4v) is 2.78. The van der Waals surface area contributed by atoms with Gasteiger partial charge in [0, 0.05) is 16.4 Å². The second kappa shape index (κ2) is 7.97. The minimum atomic E-state index is -0.316. The molecule has 132 valence electrons. The van der Waals surface area contributed by atoms with Crippen molar-refractivity contribution in [3.8, 4) is 0 Å². The Labute approximate surface area is 157 Å². The van der Waals surface area contributed by atoms with Crippen LogP contribution in [0.2, 0.25) is 5.02 Å². The molecule has 1 heterocycles. The summed E-state index contributed by atoms with van der Waals surface area (Å²) in [7, 11) is 0. The van der Waals surface area contributed by atoms with Gasteiger partial charge < -0.3 is 10.6 Å². The van der Waals surface area contributed by atoms with Gasteiger partial charge in [0.2, 0.25) is 0 Å². The number of benzene rings is 2. The van der Waals surface area contributed by atoms with Crippen molar-refractivity contribution in [3.05, 3.63) is 76.7 Å². The van der Waals surface area contributed by atoms with Gasteiger partial charge in [-0.3, -0.25) is 4.79 Å². The van der Waals surface area contributed by atoms with E-state index in [0.717, 1.165) is 17.7 Å². The van der Waals surface area contributed by atoms with Crippen molar-refractivity contribution < 1.29 is 4.79 Å². The number of nitrogens with zero attached hydrogens (tertiary/aromatic N) is 2. The first kappa shape index (κ1) is 17.9. The molecule has 5 nitrogen and oxygen atoms in total. The molecular formula is C20H19ClN4O. The normalized spacial score (nSPS) is 10.4. The average Bonchev–Trinajstić information content (AvgIpc) is 2.65. The number of hydrogen-bond acceptors (Lipinski definition) is 4. The van der Waals surface area contributed by atoms with Crippen LogP contribution in [-0.2, 0) is 6.42 Å². The molecule has 3 aromatic rings. The van der Waals surface area contributed by atoms with E-state index in [9.17, 15) is 4.79 Å². The molecule has 3 rings (SSSR count). The Bertz CT molecular complexity index is 925. The number of halogens is 1. The van der Waals surface area contributed by atoms with Crippen molar-refractivity contribution in [1.82, 2.24) is 9.97 Å². The molecule has 26 heavy (non-hydrogen) atoms. The molecule has 0 fully saturated rings. The summed E-state index contributed by atoms with van der Waals surface area (Å²) < 4.78 is 0. The van der Waals surface area contributed by atoms with E-state index in [0.29, 0.717) is 16.5 Å². The van der Waals surface area contributed by atoms with Crippen LogP contribution in [0.15, 0.2) is 54.9 Å². The fraction of sp³-hybridized carbons (Fsp3) is 0.150. The molecule has 0 atom stereocenters. The number of nitrogens with one attached hydrogen (secondary N) is 2. The highest BCUT2D eigenvalue weighted by molar-refractivity contribution is 6.30. The third kappa shape index (κ3) is 4.18. The van der Waals surface area contributed by atoms with Crippen LogP contribution in [0.5, 0.6) is 0 Å². The van der Waals surface area contributed by atoms with E-state index in [2.05, 4.69) is 33.6 Å². The van der Waals surface area contributed by atoms with Gasteiger partial charge in [-0.2, -0.15) is 0 Å². The van der Waals surface area contributed by atoms with Crippen molar-refractivity contribution in [3.63, 3.8) is 0 Å². The lowest BCUT2D eigenvalue weighted by atomic mass is 10.1. The van der Waals surface area contributed by atoms with E-state index in [-0.39, 0.29) is 11.6 Å². The van der Waals surface area contributed by atoms with Gasteiger partial charge in [0.1, 0.15) is 11.5 Å². The Hall–Kier alpha value is -2.92. The molecule has 0 aliphatic carbocycles. The summed E-state index contributed by atoms with van der Waals surface area (Å²) in [6.45, 7) is 3.98. The zero-order chi connectivity index (χ0) is 18.5. The van der Waals surface area contributed by atoms with Gasteiger partial charge in [-0.25, -0.2) is 9.97 Å². The summed E-state index contributed by atoms with van der Waals surface area (Å²) in [5, 5.41) is 6.68. The second-order valence-corrected chi connectivity index (χ2v) is 6.27. The molecular weight excluding hydrogens is 348 g/mol. The van der Waals surface area contributed by atoms with Gasteiger partial charge in [-0.05, 0) is 48.7 Å². The number of rotatable bonds is 5. The molecule has 0 spiro atoms. The van der Waals surface area contributed by atoms with Crippen molar-refractivity contribution >= 4 is 34.7 Å². The summed E-state index contributed by atoms with van der Waals surface area (Å²) in [5.74, 6) is 0.272. The highest BCUT2D eigenvalue weighted by Gasteiger charge is 2.10. The number of aryl methyl sites for hydroxylation is 2. The predicted molar refractivity (Wildman–Crippen MR) is 105 cm³/mol. The minimum Gasteiger partial charge on any atom is -0.339 e. The van der Waals surface area contributed by atoms with Gasteiger partial charge in [0.15, 0.2) is 0 Å². The molecule has 0 saturated carbocycles. The van der Waals surface area contributed by atoms with Gasteiger partial charge in [0.25, 0.3) is 5.91 Å². The summed E-state index contributed by atoms with van der Waals surface area (Å²) >= 11 is 5.93. The van der Waals surface area contributed by atoms with Crippen molar-refractivity contribution in [1.29, 1.82) is 0 Å². The van der Waals surface area contributed by atoms with Gasteiger partial charge in [-0.1, -0.05) is 36.7 Å². The summed E-state index contributed by atoms with van der Waals surface area (Å²) in [5.41, 5.74) is 4.00. The van der Waals surface area contributed by atoms with E-state index in [4.69, 9.17) is 11.6 Å². The maximum atomic E-state index is 12.4. The largest absolute Gasteiger partial charge is 0.339 e. The summed E-state index contributed by atoms with van der Waals surface area (Å²) in [6.07, 6.45) is 3.92. The SMILES string of the molecule is CCc1ccccc1Nc1cnc(C(=O)Nc2ccc(Cl)cc2C)cn1. The Morgan fingerprint density at radius 2 is 1.88 bits per heavy atom. The number of aromatic nitrogens is 2. The lowest BCUT2D eigenvalue weighted by Crippen LogP contribution is -2.15. The third-order valence-corrected chi connectivity index (χ3v) is 4.22. The molecule has 1 aromatic heterocycles. The second-order valence-electron chi connectivity index (χ2n) is 5.84. The Morgan fingerprint density at radius 3 is 2.58 bits per heavy atom. The number of para-hydroxylation sites is 1. The standard InChI is InChI=1S/C20H19ClN4O/c1-3-14-6-4-5-7-17(14)24-19-12-22-18(11-23-19)20(26)25-16-9-8-15(21)10-13(16)2/h4-12H,3H2,1-2H3,(H,23,24)(H,25,26). The number of carbonyl (C=O) groups is 1. The van der Waals surface area contributed by atoms with Gasteiger partial charge in [0.05, 0.1) is 12.4 Å². The lowest BCUT2D eigenvalue weighted by molar-refractivity contribution is 0.102. The smallest absolute Gasteiger partial charge is 0.275 e. The number of carbonyl (C=O) groups excluding carboxylic acids is 1. The first-order chi connectivity index (χ1) is 12.6. The van der Waals surface area contributed by atoms with Crippen molar-refractivity contribution in [2.75, 3.05) is 10.6 Å². The van der Waals surface area contributed by atoms with Crippen LogP contribution >= 0.6 is 11.6 Å². The fourth-order valence-electron chi connectivity index (χ4n) is 2.55.